The summed E-state index contributed by atoms with van der Waals surface area (Å²) in [6.07, 6.45) is 15.5. The van der Waals surface area contributed by atoms with Gasteiger partial charge < -0.3 is 31.7 Å². The lowest BCUT2D eigenvalue weighted by Gasteiger charge is -2.38. The summed E-state index contributed by atoms with van der Waals surface area (Å²) in [4.78, 5) is 30.4. The number of aliphatic carboxylic acids is 1. The van der Waals surface area contributed by atoms with Crippen LogP contribution in [0.1, 0.15) is 87.3 Å². The van der Waals surface area contributed by atoms with Gasteiger partial charge in [-0.2, -0.15) is 0 Å². The number of hydrogen-bond donors (Lipinski definition) is 4. The van der Waals surface area contributed by atoms with E-state index in [4.69, 9.17) is 16.8 Å². The minimum atomic E-state index is -1.04. The van der Waals surface area contributed by atoms with Gasteiger partial charge in [0.15, 0.2) is 5.96 Å². The number of carbonyl (C=O) groups excluding carboxylic acids is 1. The van der Waals surface area contributed by atoms with Crippen molar-refractivity contribution in [3.05, 3.63) is 82.3 Å². The quantitative estimate of drug-likeness (QED) is 0.0441. The summed E-state index contributed by atoms with van der Waals surface area (Å²) in [5.41, 5.74) is 15.7. The van der Waals surface area contributed by atoms with Gasteiger partial charge in [-0.05, 0) is 76.6 Å². The van der Waals surface area contributed by atoms with Crippen LogP contribution in [0.2, 0.25) is 0 Å². The Hall–Kier alpha value is -4.07. The number of aromatic nitrogens is 1. The molecule has 0 saturated heterocycles. The molecule has 1 aliphatic carbocycles. The lowest BCUT2D eigenvalue weighted by atomic mass is 9.69. The number of unbranched alkanes of at least 4 members (excludes halogenated alkanes) is 5. The molecule has 230 valence electrons. The molecule has 1 aromatic heterocycles. The number of nitrogens with zero attached hydrogens (tertiary/aromatic N) is 2. The van der Waals surface area contributed by atoms with Crippen LogP contribution < -0.4 is 11.5 Å². The number of guanidine groups is 1. The van der Waals surface area contributed by atoms with Crippen molar-refractivity contribution in [3.63, 3.8) is 0 Å². The topological polar surface area (TPSA) is 149 Å². The fourth-order valence-electron chi connectivity index (χ4n) is 6.54. The van der Waals surface area contributed by atoms with Crippen LogP contribution in [0, 0.1) is 5.92 Å². The van der Waals surface area contributed by atoms with E-state index < -0.39 is 12.0 Å². The fourth-order valence-corrected chi connectivity index (χ4v) is 6.54. The number of hydrogen-bond acceptors (Lipinski definition) is 3. The normalized spacial score (nSPS) is 17.3. The Morgan fingerprint density at radius 2 is 1.93 bits per heavy atom. The van der Waals surface area contributed by atoms with Crippen LogP contribution in [0.25, 0.3) is 16.1 Å². The Morgan fingerprint density at radius 1 is 1.12 bits per heavy atom. The minimum absolute atomic E-state index is 0.0803. The molecule has 8 nitrogen and oxygen atoms in total. The fraction of sp³-hybridized carbons (Fsp3) is 0.457. The van der Waals surface area contributed by atoms with E-state index in [1.54, 1.807) is 0 Å². The molecule has 43 heavy (non-hydrogen) atoms. The molecular formula is C35H46N5O3-. The highest BCUT2D eigenvalue weighted by Gasteiger charge is 2.31. The summed E-state index contributed by atoms with van der Waals surface area (Å²) in [5.74, 6) is 0.206. The first-order valence-electron chi connectivity index (χ1n) is 15.7. The van der Waals surface area contributed by atoms with E-state index >= 15 is 0 Å². The summed E-state index contributed by atoms with van der Waals surface area (Å²) in [6.45, 7) is 2.32. The summed E-state index contributed by atoms with van der Waals surface area (Å²) in [5, 5.41) is 17.1. The van der Waals surface area contributed by atoms with Gasteiger partial charge in [-0.25, -0.2) is 9.79 Å². The molecular weight excluding hydrogens is 538 g/mol. The molecule has 6 N–H and O–H groups in total. The Morgan fingerprint density at radius 3 is 2.65 bits per heavy atom. The van der Waals surface area contributed by atoms with E-state index in [2.05, 4.69) is 41.2 Å². The average Bonchev–Trinajstić information content (AvgIpc) is 3.49. The number of aryl methyl sites for hydroxylation is 1. The number of aldehydes is 1. The van der Waals surface area contributed by atoms with Crippen molar-refractivity contribution in [2.75, 3.05) is 6.54 Å². The summed E-state index contributed by atoms with van der Waals surface area (Å²) >= 11 is 0. The van der Waals surface area contributed by atoms with E-state index in [0.717, 1.165) is 37.5 Å². The maximum Gasteiger partial charge on any atom is 0.328 e. The monoisotopic (exact) mass is 584 g/mol. The zero-order valence-electron chi connectivity index (χ0n) is 25.3. The Kier molecular flexibility index (Phi) is 11.8. The molecule has 0 aliphatic heterocycles. The molecule has 1 heterocycles. The first-order valence-corrected chi connectivity index (χ1v) is 15.7. The second-order valence-electron chi connectivity index (χ2n) is 11.8. The first kappa shape index (κ1) is 31.9. The molecule has 0 unspecified atom stereocenters. The zero-order chi connectivity index (χ0) is 30.6. The van der Waals surface area contributed by atoms with Crippen LogP contribution in [0.3, 0.4) is 0 Å². The predicted molar refractivity (Wildman–Crippen MR) is 175 cm³/mol. The number of nitrogens with one attached hydrogen (secondary N) is 1. The minimum Gasteiger partial charge on any atom is -0.478 e. The van der Waals surface area contributed by atoms with Crippen molar-refractivity contribution in [1.29, 1.82) is 0 Å². The smallest absolute Gasteiger partial charge is 0.328 e. The van der Waals surface area contributed by atoms with E-state index in [1.165, 1.54) is 60.1 Å². The van der Waals surface area contributed by atoms with Crippen molar-refractivity contribution in [1.82, 2.24) is 4.98 Å². The highest BCUT2D eigenvalue weighted by Crippen LogP contribution is 2.45. The number of fused-ring (bicyclic) bond motifs is 2. The van der Waals surface area contributed by atoms with Crippen LogP contribution in [0.5, 0.6) is 0 Å². The van der Waals surface area contributed by atoms with Gasteiger partial charge in [0.05, 0.1) is 6.54 Å². The molecule has 0 amide bonds. The number of carbonyl (C=O) groups is 2. The lowest BCUT2D eigenvalue weighted by Crippen LogP contribution is -2.28. The van der Waals surface area contributed by atoms with Gasteiger partial charge in [-0.15, -0.1) is 0 Å². The van der Waals surface area contributed by atoms with E-state index in [-0.39, 0.29) is 12.5 Å². The Balaban J connectivity index is 1.68. The van der Waals surface area contributed by atoms with Crippen LogP contribution in [0.4, 0.5) is 5.82 Å². The van der Waals surface area contributed by atoms with Gasteiger partial charge in [0, 0.05) is 12.5 Å². The summed E-state index contributed by atoms with van der Waals surface area (Å²) < 4.78 is 0. The standard InChI is InChI=1S/C35H46N5O3/c1-2-3-4-5-6-7-9-30-27(14-13-26-19-25-12-11-24(15-17-41)18-28(25)20-31(26)30)21-32(40-33-10-8-16-38-33)29(22-34(42)43)23-39-35(36)37/h8,10-12,16-20,22,27,30,32,38H,2-7,9,13-15,21,23H2,1H3,(H,42,43)(H4,36,37,39)/q-1/b29-22+/t27-,30-,32+/m0/s1. The van der Waals surface area contributed by atoms with Gasteiger partial charge >= 0.3 is 5.97 Å². The number of aromatic amines is 1. The van der Waals surface area contributed by atoms with Gasteiger partial charge in [0.2, 0.25) is 0 Å². The number of benzene rings is 2. The SMILES string of the molecule is CCCCCCCC[C@@H]1c2cc3cc(CC=O)ccc3cc2CC[C@H]1C[C@@H]([N-]c1ccc[nH]1)/C(=C/C(=O)O)CN=C(N)N. The van der Waals surface area contributed by atoms with Crippen molar-refractivity contribution in [2.24, 2.45) is 22.4 Å². The van der Waals surface area contributed by atoms with Crippen molar-refractivity contribution < 1.29 is 14.7 Å². The maximum absolute atomic E-state index is 11.9. The Labute approximate surface area is 255 Å². The van der Waals surface area contributed by atoms with Crippen molar-refractivity contribution in [2.45, 2.75) is 89.5 Å². The third-order valence-electron chi connectivity index (χ3n) is 8.69. The summed E-state index contributed by atoms with van der Waals surface area (Å²) in [6, 6.07) is 14.4. The maximum atomic E-state index is 11.9. The van der Waals surface area contributed by atoms with Gasteiger partial charge in [-0.1, -0.05) is 99.9 Å². The second-order valence-corrected chi connectivity index (χ2v) is 11.8. The zero-order valence-corrected chi connectivity index (χ0v) is 25.3. The number of carboxylic acids is 1. The number of nitrogens with two attached hydrogens (primary N) is 2. The number of H-pyrrole nitrogens is 1. The highest BCUT2D eigenvalue weighted by atomic mass is 16.4. The first-order chi connectivity index (χ1) is 20.9. The van der Waals surface area contributed by atoms with Gasteiger partial charge in [0.25, 0.3) is 0 Å². The molecule has 3 atom stereocenters. The third-order valence-corrected chi connectivity index (χ3v) is 8.69. The van der Waals surface area contributed by atoms with Crippen molar-refractivity contribution in [3.8, 4) is 0 Å². The predicted octanol–water partition coefficient (Wildman–Crippen LogP) is 7.05. The molecule has 4 rings (SSSR count). The molecule has 3 aromatic rings. The number of rotatable bonds is 17. The molecule has 8 heteroatoms. The van der Waals surface area contributed by atoms with E-state index in [1.807, 2.05) is 24.4 Å². The van der Waals surface area contributed by atoms with Crippen LogP contribution in [-0.2, 0) is 22.4 Å². The molecule has 0 saturated carbocycles. The van der Waals surface area contributed by atoms with Gasteiger partial charge in [-0.3, -0.25) is 0 Å². The molecule has 2 aromatic carbocycles. The molecule has 0 fully saturated rings. The Bertz CT molecular complexity index is 1410. The molecule has 1 aliphatic rings. The van der Waals surface area contributed by atoms with E-state index in [0.29, 0.717) is 36.1 Å². The number of carboxylic acid groups (broad SMARTS) is 1. The van der Waals surface area contributed by atoms with Gasteiger partial charge in [0.1, 0.15) is 6.29 Å². The largest absolute Gasteiger partial charge is 0.478 e. The van der Waals surface area contributed by atoms with Crippen molar-refractivity contribution >= 4 is 34.8 Å². The molecule has 0 bridgehead atoms. The van der Waals surface area contributed by atoms with Crippen LogP contribution >= 0.6 is 0 Å². The van der Waals surface area contributed by atoms with Crippen LogP contribution in [0.15, 0.2) is 65.3 Å². The average molecular weight is 585 g/mol. The molecule has 0 spiro atoms. The molecule has 0 radical (unpaired) electrons. The highest BCUT2D eigenvalue weighted by molar-refractivity contribution is 5.86. The summed E-state index contributed by atoms with van der Waals surface area (Å²) in [7, 11) is 0. The lowest BCUT2D eigenvalue weighted by molar-refractivity contribution is -0.131. The second kappa shape index (κ2) is 16.0. The number of aliphatic imine (C=N–C) groups is 1. The van der Waals surface area contributed by atoms with Crippen LogP contribution in [-0.4, -0.2) is 40.9 Å². The third kappa shape index (κ3) is 9.21. The van der Waals surface area contributed by atoms with E-state index in [9.17, 15) is 14.7 Å².